The molecule has 1 aromatic carbocycles. The minimum absolute atomic E-state index is 0.283. The van der Waals surface area contributed by atoms with Gasteiger partial charge in [-0.1, -0.05) is 6.92 Å². The van der Waals surface area contributed by atoms with Crippen LogP contribution in [0.5, 0.6) is 0 Å². The fraction of sp³-hybridized carbons (Fsp3) is 0.364. The Bertz CT molecular complexity index is 543. The van der Waals surface area contributed by atoms with Crippen LogP contribution >= 0.6 is 0 Å². The third-order valence-electron chi connectivity index (χ3n) is 2.47. The smallest absolute Gasteiger partial charge is 0.399 e. The van der Waals surface area contributed by atoms with Crippen LogP contribution in [0, 0.1) is 0 Å². The quantitative estimate of drug-likeness (QED) is 0.824. The molecule has 2 rings (SSSR count). The molecule has 0 spiro atoms. The van der Waals surface area contributed by atoms with Crippen molar-refractivity contribution in [2.45, 2.75) is 26.1 Å². The zero-order chi connectivity index (χ0) is 12.6. The molecule has 0 aliphatic rings. The van der Waals surface area contributed by atoms with Crippen molar-refractivity contribution in [2.75, 3.05) is 5.73 Å². The molecule has 0 radical (unpaired) electrons. The highest BCUT2D eigenvalue weighted by Crippen LogP contribution is 2.32. The molecule has 0 fully saturated rings. The van der Waals surface area contributed by atoms with Gasteiger partial charge in [0.2, 0.25) is 5.82 Å². The molecule has 92 valence electrons. The predicted octanol–water partition coefficient (Wildman–Crippen LogP) is 3.05. The second-order valence-corrected chi connectivity index (χ2v) is 3.83. The molecule has 0 bridgehead atoms. The number of anilines is 1. The molecule has 0 saturated carbocycles. The Morgan fingerprint density at radius 1 is 1.35 bits per heavy atom. The summed E-state index contributed by atoms with van der Waals surface area (Å²) in [5, 5.41) is 0. The number of nitrogens with zero attached hydrogens (tertiary/aromatic N) is 2. The van der Waals surface area contributed by atoms with Gasteiger partial charge in [0.25, 0.3) is 0 Å². The molecule has 1 heterocycles. The predicted molar refractivity (Wildman–Crippen MR) is 59.4 cm³/mol. The van der Waals surface area contributed by atoms with Crippen molar-refractivity contribution in [3.8, 4) is 0 Å². The second-order valence-electron chi connectivity index (χ2n) is 3.83. The van der Waals surface area contributed by atoms with Crippen molar-refractivity contribution >= 4 is 16.7 Å². The number of imidazole rings is 1. The lowest BCUT2D eigenvalue weighted by Gasteiger charge is -2.09. The summed E-state index contributed by atoms with van der Waals surface area (Å²) >= 11 is 0. The van der Waals surface area contributed by atoms with Crippen LogP contribution < -0.4 is 5.73 Å². The lowest BCUT2D eigenvalue weighted by Crippen LogP contribution is -2.14. The second kappa shape index (κ2) is 3.94. The SMILES string of the molecule is CCCn1c(C(F)(F)F)nc2cc(N)ccc21. The van der Waals surface area contributed by atoms with Gasteiger partial charge in [-0.15, -0.1) is 0 Å². The Morgan fingerprint density at radius 2 is 2.06 bits per heavy atom. The van der Waals surface area contributed by atoms with Gasteiger partial charge in [-0.05, 0) is 24.6 Å². The number of aromatic nitrogens is 2. The third kappa shape index (κ3) is 2.07. The van der Waals surface area contributed by atoms with Crippen LogP contribution in [-0.4, -0.2) is 9.55 Å². The molecule has 0 aliphatic heterocycles. The Balaban J connectivity index is 2.70. The van der Waals surface area contributed by atoms with E-state index in [4.69, 9.17) is 5.73 Å². The first-order valence-corrected chi connectivity index (χ1v) is 5.26. The molecule has 0 unspecified atom stereocenters. The fourth-order valence-electron chi connectivity index (χ4n) is 1.81. The van der Waals surface area contributed by atoms with E-state index < -0.39 is 12.0 Å². The lowest BCUT2D eigenvalue weighted by molar-refractivity contribution is -0.146. The Hall–Kier alpha value is -1.72. The Morgan fingerprint density at radius 3 is 2.65 bits per heavy atom. The molecule has 2 aromatic rings. The summed E-state index contributed by atoms with van der Waals surface area (Å²) in [6, 6.07) is 4.61. The van der Waals surface area contributed by atoms with E-state index in [0.29, 0.717) is 17.6 Å². The molecule has 6 heteroatoms. The number of halogens is 3. The van der Waals surface area contributed by atoms with Crippen molar-refractivity contribution < 1.29 is 13.2 Å². The molecule has 0 amide bonds. The molecule has 3 nitrogen and oxygen atoms in total. The fourth-order valence-corrected chi connectivity index (χ4v) is 1.81. The third-order valence-corrected chi connectivity index (χ3v) is 2.47. The number of nitrogen functional groups attached to an aromatic ring is 1. The van der Waals surface area contributed by atoms with E-state index in [2.05, 4.69) is 4.98 Å². The summed E-state index contributed by atoms with van der Waals surface area (Å²) in [5.74, 6) is -0.861. The maximum Gasteiger partial charge on any atom is 0.449 e. The van der Waals surface area contributed by atoms with Crippen LogP contribution in [0.2, 0.25) is 0 Å². The number of fused-ring (bicyclic) bond motifs is 1. The monoisotopic (exact) mass is 243 g/mol. The Labute approximate surface area is 96.0 Å². The summed E-state index contributed by atoms with van der Waals surface area (Å²) in [6.07, 6.45) is -3.83. The number of hydrogen-bond donors (Lipinski definition) is 1. The zero-order valence-electron chi connectivity index (χ0n) is 9.25. The van der Waals surface area contributed by atoms with Gasteiger partial charge >= 0.3 is 6.18 Å². The molecule has 2 N–H and O–H groups in total. The summed E-state index contributed by atoms with van der Waals surface area (Å²) in [6.45, 7) is 2.11. The average molecular weight is 243 g/mol. The molecule has 0 saturated heterocycles. The normalized spacial score (nSPS) is 12.2. The maximum atomic E-state index is 12.8. The van der Waals surface area contributed by atoms with Crippen molar-refractivity contribution in [2.24, 2.45) is 0 Å². The van der Waals surface area contributed by atoms with Gasteiger partial charge in [-0.25, -0.2) is 4.98 Å². The molecular weight excluding hydrogens is 231 g/mol. The van der Waals surface area contributed by atoms with Crippen LogP contribution in [-0.2, 0) is 12.7 Å². The molecular formula is C11H12F3N3. The standard InChI is InChI=1S/C11H12F3N3/c1-2-5-17-9-4-3-7(15)6-8(9)16-10(17)11(12,13)14/h3-4,6H,2,5,15H2,1H3. The number of alkyl halides is 3. The number of hydrogen-bond acceptors (Lipinski definition) is 2. The summed E-state index contributed by atoms with van der Waals surface area (Å²) in [7, 11) is 0. The Kier molecular flexibility index (Phi) is 2.73. The maximum absolute atomic E-state index is 12.8. The van der Waals surface area contributed by atoms with E-state index in [9.17, 15) is 13.2 Å². The summed E-state index contributed by atoms with van der Waals surface area (Å²) < 4.78 is 39.6. The van der Waals surface area contributed by atoms with Gasteiger partial charge in [0.15, 0.2) is 0 Å². The minimum atomic E-state index is -4.44. The first-order valence-electron chi connectivity index (χ1n) is 5.26. The van der Waals surface area contributed by atoms with E-state index in [0.717, 1.165) is 0 Å². The van der Waals surface area contributed by atoms with Crippen LogP contribution in [0.3, 0.4) is 0 Å². The van der Waals surface area contributed by atoms with E-state index in [-0.39, 0.29) is 12.1 Å². The van der Waals surface area contributed by atoms with Crippen molar-refractivity contribution in [1.82, 2.24) is 9.55 Å². The summed E-state index contributed by atoms with van der Waals surface area (Å²) in [5.41, 5.74) is 6.69. The van der Waals surface area contributed by atoms with Crippen LogP contribution in [0.1, 0.15) is 19.2 Å². The van der Waals surface area contributed by atoms with Crippen molar-refractivity contribution in [3.05, 3.63) is 24.0 Å². The lowest BCUT2D eigenvalue weighted by atomic mass is 10.3. The van der Waals surface area contributed by atoms with Crippen molar-refractivity contribution in [3.63, 3.8) is 0 Å². The van der Waals surface area contributed by atoms with Gasteiger partial charge in [0.1, 0.15) is 0 Å². The first-order chi connectivity index (χ1) is 7.93. The van der Waals surface area contributed by atoms with Gasteiger partial charge in [-0.2, -0.15) is 13.2 Å². The van der Waals surface area contributed by atoms with Gasteiger partial charge in [0.05, 0.1) is 11.0 Å². The van der Waals surface area contributed by atoms with E-state index >= 15 is 0 Å². The highest BCUT2D eigenvalue weighted by Gasteiger charge is 2.37. The first kappa shape index (κ1) is 11.8. The minimum Gasteiger partial charge on any atom is -0.399 e. The average Bonchev–Trinajstić information content (AvgIpc) is 2.56. The van der Waals surface area contributed by atoms with E-state index in [1.54, 1.807) is 12.1 Å². The molecule has 17 heavy (non-hydrogen) atoms. The van der Waals surface area contributed by atoms with Crippen molar-refractivity contribution in [1.29, 1.82) is 0 Å². The van der Waals surface area contributed by atoms with Crippen LogP contribution in [0.4, 0.5) is 18.9 Å². The molecule has 0 atom stereocenters. The molecule has 1 aromatic heterocycles. The van der Waals surface area contributed by atoms with Crippen LogP contribution in [0.25, 0.3) is 11.0 Å². The number of benzene rings is 1. The highest BCUT2D eigenvalue weighted by molar-refractivity contribution is 5.79. The topological polar surface area (TPSA) is 43.8 Å². The number of nitrogens with two attached hydrogens (primary N) is 1. The zero-order valence-corrected chi connectivity index (χ0v) is 9.25. The van der Waals surface area contributed by atoms with E-state index in [1.165, 1.54) is 10.6 Å². The number of rotatable bonds is 2. The van der Waals surface area contributed by atoms with Crippen LogP contribution in [0.15, 0.2) is 18.2 Å². The van der Waals surface area contributed by atoms with Gasteiger partial charge in [0, 0.05) is 12.2 Å². The number of aryl methyl sites for hydroxylation is 1. The van der Waals surface area contributed by atoms with E-state index in [1.807, 2.05) is 6.92 Å². The largest absolute Gasteiger partial charge is 0.449 e. The highest BCUT2D eigenvalue weighted by atomic mass is 19.4. The van der Waals surface area contributed by atoms with Gasteiger partial charge in [-0.3, -0.25) is 0 Å². The molecule has 0 aliphatic carbocycles. The summed E-state index contributed by atoms with van der Waals surface area (Å²) in [4.78, 5) is 3.62. The van der Waals surface area contributed by atoms with Gasteiger partial charge < -0.3 is 10.3 Å².